The molecule has 1 N–H and O–H groups in total. The highest BCUT2D eigenvalue weighted by molar-refractivity contribution is 7.14. The zero-order chi connectivity index (χ0) is 13.0. The molecule has 0 spiro atoms. The van der Waals surface area contributed by atoms with Crippen LogP contribution < -0.4 is 0 Å². The van der Waals surface area contributed by atoms with Gasteiger partial charge in [-0.05, 0) is 25.0 Å². The molecule has 1 unspecified atom stereocenters. The monoisotopic (exact) mass is 255 g/mol. The minimum atomic E-state index is -0.962. The maximum Gasteiger partial charge on any atom is 0.326 e. The second kappa shape index (κ2) is 5.82. The van der Waals surface area contributed by atoms with Gasteiger partial charge in [0, 0.05) is 11.9 Å². The van der Waals surface area contributed by atoms with E-state index in [2.05, 4.69) is 0 Å². The Balaban J connectivity index is 2.85. The fourth-order valence-electron chi connectivity index (χ4n) is 1.61. The molecule has 1 aromatic heterocycles. The molecule has 0 bridgehead atoms. The third-order valence-corrected chi connectivity index (χ3v) is 3.90. The summed E-state index contributed by atoms with van der Waals surface area (Å²) in [4.78, 5) is 26.1. The molecule has 1 atom stereocenters. The first-order chi connectivity index (χ1) is 8.01. The Kier molecular flexibility index (Phi) is 4.69. The Labute approximate surface area is 105 Å². The number of nitrogens with zero attached hydrogens (tertiary/aromatic N) is 1. The van der Waals surface area contributed by atoms with Gasteiger partial charge in [-0.2, -0.15) is 0 Å². The quantitative estimate of drug-likeness (QED) is 0.878. The lowest BCUT2D eigenvalue weighted by atomic mass is 10.2. The zero-order valence-corrected chi connectivity index (χ0v) is 11.1. The fraction of sp³-hybridized carbons (Fsp3) is 0.500. The Morgan fingerprint density at radius 2 is 2.06 bits per heavy atom. The number of thiophene rings is 1. The van der Waals surface area contributed by atoms with E-state index < -0.39 is 12.0 Å². The van der Waals surface area contributed by atoms with Crippen LogP contribution in [0.1, 0.15) is 34.8 Å². The average Bonchev–Trinajstić information content (AvgIpc) is 2.76. The molecular formula is C12H17NO3S. The van der Waals surface area contributed by atoms with Gasteiger partial charge in [0.15, 0.2) is 0 Å². The molecule has 1 heterocycles. The SMILES string of the molecule is CCc1ccc(C(=O)N(C)C(CC)C(=O)O)s1. The predicted octanol–water partition coefficient (Wildman–Crippen LogP) is 2.25. The molecule has 0 aromatic carbocycles. The van der Waals surface area contributed by atoms with Crippen molar-refractivity contribution in [3.8, 4) is 0 Å². The number of carboxylic acid groups (broad SMARTS) is 1. The normalized spacial score (nSPS) is 12.2. The van der Waals surface area contributed by atoms with E-state index in [4.69, 9.17) is 5.11 Å². The van der Waals surface area contributed by atoms with Crippen LogP contribution in [-0.2, 0) is 11.2 Å². The fourth-order valence-corrected chi connectivity index (χ4v) is 2.54. The van der Waals surface area contributed by atoms with Gasteiger partial charge in [0.1, 0.15) is 6.04 Å². The number of carbonyl (C=O) groups is 2. The van der Waals surface area contributed by atoms with E-state index in [1.54, 1.807) is 13.0 Å². The van der Waals surface area contributed by atoms with Gasteiger partial charge in [-0.15, -0.1) is 11.3 Å². The molecule has 4 nitrogen and oxygen atoms in total. The molecule has 0 saturated heterocycles. The highest BCUT2D eigenvalue weighted by Crippen LogP contribution is 2.19. The van der Waals surface area contributed by atoms with Crippen LogP contribution in [0, 0.1) is 0 Å². The van der Waals surface area contributed by atoms with Crippen LogP contribution in [-0.4, -0.2) is 35.0 Å². The second-order valence-corrected chi connectivity index (χ2v) is 4.97. The van der Waals surface area contributed by atoms with Crippen molar-refractivity contribution in [2.75, 3.05) is 7.05 Å². The summed E-state index contributed by atoms with van der Waals surface area (Å²) in [6.45, 7) is 3.78. The lowest BCUT2D eigenvalue weighted by molar-refractivity contribution is -0.142. The van der Waals surface area contributed by atoms with Crippen LogP contribution in [0.25, 0.3) is 0 Å². The third-order valence-electron chi connectivity index (χ3n) is 2.68. The Bertz CT molecular complexity index is 414. The first-order valence-corrected chi connectivity index (χ1v) is 6.41. The van der Waals surface area contributed by atoms with Crippen molar-refractivity contribution in [3.63, 3.8) is 0 Å². The van der Waals surface area contributed by atoms with Crippen LogP contribution in [0.15, 0.2) is 12.1 Å². The molecule has 0 aliphatic carbocycles. The molecular weight excluding hydrogens is 238 g/mol. The minimum Gasteiger partial charge on any atom is -0.480 e. The summed E-state index contributed by atoms with van der Waals surface area (Å²) in [6, 6.07) is 2.92. The average molecular weight is 255 g/mol. The summed E-state index contributed by atoms with van der Waals surface area (Å²) in [7, 11) is 1.54. The van der Waals surface area contributed by atoms with Crippen LogP contribution >= 0.6 is 11.3 Å². The first kappa shape index (κ1) is 13.7. The molecule has 94 valence electrons. The number of carbonyl (C=O) groups excluding carboxylic acids is 1. The molecule has 5 heteroatoms. The summed E-state index contributed by atoms with van der Waals surface area (Å²) in [5.74, 6) is -1.18. The van der Waals surface area contributed by atoms with Crippen LogP contribution in [0.5, 0.6) is 0 Å². The Morgan fingerprint density at radius 1 is 1.41 bits per heavy atom. The van der Waals surface area contributed by atoms with Crippen molar-refractivity contribution in [2.45, 2.75) is 32.7 Å². The summed E-state index contributed by atoms with van der Waals surface area (Å²) >= 11 is 1.42. The van der Waals surface area contributed by atoms with Gasteiger partial charge in [-0.3, -0.25) is 4.79 Å². The predicted molar refractivity (Wildman–Crippen MR) is 67.5 cm³/mol. The van der Waals surface area contributed by atoms with E-state index in [-0.39, 0.29) is 5.91 Å². The molecule has 1 rings (SSSR count). The van der Waals surface area contributed by atoms with Crippen molar-refractivity contribution >= 4 is 23.2 Å². The van der Waals surface area contributed by atoms with Crippen LogP contribution in [0.2, 0.25) is 0 Å². The third kappa shape index (κ3) is 3.06. The molecule has 17 heavy (non-hydrogen) atoms. The zero-order valence-electron chi connectivity index (χ0n) is 10.3. The number of hydrogen-bond donors (Lipinski definition) is 1. The van der Waals surface area contributed by atoms with Crippen molar-refractivity contribution in [2.24, 2.45) is 0 Å². The van der Waals surface area contributed by atoms with E-state index in [0.29, 0.717) is 11.3 Å². The topological polar surface area (TPSA) is 57.6 Å². The largest absolute Gasteiger partial charge is 0.480 e. The number of aryl methyl sites for hydroxylation is 1. The highest BCUT2D eigenvalue weighted by atomic mass is 32.1. The van der Waals surface area contributed by atoms with Crippen molar-refractivity contribution in [1.82, 2.24) is 4.90 Å². The number of amides is 1. The van der Waals surface area contributed by atoms with E-state index in [1.165, 1.54) is 23.3 Å². The second-order valence-electron chi connectivity index (χ2n) is 3.80. The van der Waals surface area contributed by atoms with Gasteiger partial charge < -0.3 is 10.0 Å². The molecule has 1 amide bonds. The van der Waals surface area contributed by atoms with Crippen LogP contribution in [0.4, 0.5) is 0 Å². The molecule has 0 fully saturated rings. The Hall–Kier alpha value is -1.36. The molecule has 0 radical (unpaired) electrons. The number of rotatable bonds is 5. The molecule has 0 aliphatic heterocycles. The maximum atomic E-state index is 12.1. The van der Waals surface area contributed by atoms with E-state index >= 15 is 0 Å². The lowest BCUT2D eigenvalue weighted by Gasteiger charge is -2.23. The summed E-state index contributed by atoms with van der Waals surface area (Å²) < 4.78 is 0. The van der Waals surface area contributed by atoms with Gasteiger partial charge in [0.2, 0.25) is 0 Å². The molecule has 0 aliphatic rings. The van der Waals surface area contributed by atoms with E-state index in [9.17, 15) is 9.59 Å². The van der Waals surface area contributed by atoms with Gasteiger partial charge >= 0.3 is 5.97 Å². The van der Waals surface area contributed by atoms with Gasteiger partial charge in [0.05, 0.1) is 4.88 Å². The summed E-state index contributed by atoms with van der Waals surface area (Å²) in [5, 5.41) is 9.00. The number of likely N-dealkylation sites (N-methyl/N-ethyl adjacent to an activating group) is 1. The minimum absolute atomic E-state index is 0.219. The van der Waals surface area contributed by atoms with E-state index in [1.807, 2.05) is 13.0 Å². The molecule has 0 saturated carbocycles. The van der Waals surface area contributed by atoms with Crippen LogP contribution in [0.3, 0.4) is 0 Å². The number of hydrogen-bond acceptors (Lipinski definition) is 3. The van der Waals surface area contributed by atoms with Crippen molar-refractivity contribution in [3.05, 3.63) is 21.9 Å². The van der Waals surface area contributed by atoms with Gasteiger partial charge in [-0.25, -0.2) is 4.79 Å². The standard InChI is InChI=1S/C12H17NO3S/c1-4-8-6-7-10(17-8)11(14)13(3)9(5-2)12(15)16/h6-7,9H,4-5H2,1-3H3,(H,15,16). The number of aliphatic carboxylic acids is 1. The molecule has 1 aromatic rings. The first-order valence-electron chi connectivity index (χ1n) is 5.59. The Morgan fingerprint density at radius 3 is 2.47 bits per heavy atom. The number of carboxylic acids is 1. The summed E-state index contributed by atoms with van der Waals surface area (Å²) in [6.07, 6.45) is 1.29. The van der Waals surface area contributed by atoms with Gasteiger partial charge in [-0.1, -0.05) is 13.8 Å². The smallest absolute Gasteiger partial charge is 0.326 e. The summed E-state index contributed by atoms with van der Waals surface area (Å²) in [5.41, 5.74) is 0. The van der Waals surface area contributed by atoms with E-state index in [0.717, 1.165) is 11.3 Å². The van der Waals surface area contributed by atoms with Crippen molar-refractivity contribution in [1.29, 1.82) is 0 Å². The lowest BCUT2D eigenvalue weighted by Crippen LogP contribution is -2.41. The van der Waals surface area contributed by atoms with Gasteiger partial charge in [0.25, 0.3) is 5.91 Å². The maximum absolute atomic E-state index is 12.1. The van der Waals surface area contributed by atoms with Crippen molar-refractivity contribution < 1.29 is 14.7 Å². The highest BCUT2D eigenvalue weighted by Gasteiger charge is 2.26.